The molecule has 1 aliphatic heterocycles. The SMILES string of the molecule is CCN1CCN(C(=O)c2cccnc2)C(C)C1. The number of nitrogens with zero attached hydrogens (tertiary/aromatic N) is 3. The fourth-order valence-electron chi connectivity index (χ4n) is 2.28. The standard InChI is InChI=1S/C13H19N3O/c1-3-15-7-8-16(11(2)10-15)13(17)12-5-4-6-14-9-12/h4-6,9,11H,3,7-8,10H2,1-2H3. The molecule has 0 saturated carbocycles. The highest BCUT2D eigenvalue weighted by Gasteiger charge is 2.27. The van der Waals surface area contributed by atoms with Gasteiger partial charge in [0.25, 0.3) is 5.91 Å². The van der Waals surface area contributed by atoms with E-state index in [1.807, 2.05) is 11.0 Å². The van der Waals surface area contributed by atoms with E-state index in [0.29, 0.717) is 5.56 Å². The Balaban J connectivity index is 2.06. The van der Waals surface area contributed by atoms with E-state index in [9.17, 15) is 4.79 Å². The van der Waals surface area contributed by atoms with Crippen LogP contribution in [0, 0.1) is 0 Å². The molecule has 1 saturated heterocycles. The average Bonchev–Trinajstić information content (AvgIpc) is 2.39. The second-order valence-electron chi connectivity index (χ2n) is 4.48. The number of likely N-dealkylation sites (N-methyl/N-ethyl adjacent to an activating group) is 1. The first-order valence-electron chi connectivity index (χ1n) is 6.15. The normalized spacial score (nSPS) is 21.5. The summed E-state index contributed by atoms with van der Waals surface area (Å²) in [5.41, 5.74) is 0.685. The topological polar surface area (TPSA) is 36.4 Å². The van der Waals surface area contributed by atoms with Crippen LogP contribution in [0.25, 0.3) is 0 Å². The van der Waals surface area contributed by atoms with Crippen LogP contribution >= 0.6 is 0 Å². The Hall–Kier alpha value is -1.42. The third-order valence-corrected chi connectivity index (χ3v) is 3.33. The average molecular weight is 233 g/mol. The lowest BCUT2D eigenvalue weighted by atomic mass is 10.1. The minimum absolute atomic E-state index is 0.0985. The smallest absolute Gasteiger partial charge is 0.255 e. The van der Waals surface area contributed by atoms with Gasteiger partial charge in [-0.1, -0.05) is 6.92 Å². The summed E-state index contributed by atoms with van der Waals surface area (Å²) in [6.45, 7) is 8.05. The summed E-state index contributed by atoms with van der Waals surface area (Å²) in [4.78, 5) is 20.6. The lowest BCUT2D eigenvalue weighted by Crippen LogP contribution is -2.53. The van der Waals surface area contributed by atoms with Gasteiger partial charge in [-0.2, -0.15) is 0 Å². The summed E-state index contributed by atoms with van der Waals surface area (Å²) in [5, 5.41) is 0. The summed E-state index contributed by atoms with van der Waals surface area (Å²) in [6, 6.07) is 3.91. The summed E-state index contributed by atoms with van der Waals surface area (Å²) in [6.07, 6.45) is 3.33. The van der Waals surface area contributed by atoms with Crippen molar-refractivity contribution in [3.05, 3.63) is 30.1 Å². The van der Waals surface area contributed by atoms with E-state index in [-0.39, 0.29) is 11.9 Å². The van der Waals surface area contributed by atoms with Gasteiger partial charge in [-0.15, -0.1) is 0 Å². The monoisotopic (exact) mass is 233 g/mol. The van der Waals surface area contributed by atoms with Gasteiger partial charge < -0.3 is 4.90 Å². The van der Waals surface area contributed by atoms with Gasteiger partial charge >= 0.3 is 0 Å². The van der Waals surface area contributed by atoms with E-state index in [1.54, 1.807) is 18.5 Å². The number of carbonyl (C=O) groups is 1. The van der Waals surface area contributed by atoms with Crippen molar-refractivity contribution < 1.29 is 4.79 Å². The molecule has 0 aliphatic carbocycles. The lowest BCUT2D eigenvalue weighted by Gasteiger charge is -2.39. The molecule has 0 radical (unpaired) electrons. The van der Waals surface area contributed by atoms with E-state index >= 15 is 0 Å². The zero-order valence-corrected chi connectivity index (χ0v) is 10.5. The van der Waals surface area contributed by atoms with Crippen molar-refractivity contribution in [2.75, 3.05) is 26.2 Å². The van der Waals surface area contributed by atoms with Crippen LogP contribution in [0.5, 0.6) is 0 Å². The second-order valence-corrected chi connectivity index (χ2v) is 4.48. The number of hydrogen-bond donors (Lipinski definition) is 0. The van der Waals surface area contributed by atoms with Crippen molar-refractivity contribution in [2.24, 2.45) is 0 Å². The first-order chi connectivity index (χ1) is 8.22. The Bertz CT molecular complexity index is 380. The van der Waals surface area contributed by atoms with Gasteiger partial charge in [0.15, 0.2) is 0 Å². The molecule has 4 heteroatoms. The quantitative estimate of drug-likeness (QED) is 0.771. The molecule has 1 aliphatic rings. The van der Waals surface area contributed by atoms with Crippen LogP contribution in [0.4, 0.5) is 0 Å². The summed E-state index contributed by atoms with van der Waals surface area (Å²) < 4.78 is 0. The minimum atomic E-state index is 0.0985. The molecule has 2 heterocycles. The van der Waals surface area contributed by atoms with Gasteiger partial charge in [0.2, 0.25) is 0 Å². The third kappa shape index (κ3) is 2.64. The Kier molecular flexibility index (Phi) is 3.74. The van der Waals surface area contributed by atoms with E-state index in [0.717, 1.165) is 26.2 Å². The fourth-order valence-corrected chi connectivity index (χ4v) is 2.28. The molecule has 4 nitrogen and oxygen atoms in total. The largest absolute Gasteiger partial charge is 0.333 e. The molecule has 1 unspecified atom stereocenters. The molecular weight excluding hydrogens is 214 g/mol. The number of carbonyl (C=O) groups excluding carboxylic acids is 1. The summed E-state index contributed by atoms with van der Waals surface area (Å²) in [5.74, 6) is 0.0985. The Labute approximate surface area is 102 Å². The zero-order valence-electron chi connectivity index (χ0n) is 10.5. The van der Waals surface area contributed by atoms with Gasteiger partial charge in [-0.25, -0.2) is 0 Å². The van der Waals surface area contributed by atoms with Crippen molar-refractivity contribution in [1.82, 2.24) is 14.8 Å². The Morgan fingerprint density at radius 2 is 2.35 bits per heavy atom. The first kappa shape index (κ1) is 12.0. The van der Waals surface area contributed by atoms with E-state index in [4.69, 9.17) is 0 Å². The second kappa shape index (κ2) is 5.27. The maximum absolute atomic E-state index is 12.3. The van der Waals surface area contributed by atoms with Crippen LogP contribution in [0.15, 0.2) is 24.5 Å². The highest BCUT2D eigenvalue weighted by atomic mass is 16.2. The highest BCUT2D eigenvalue weighted by molar-refractivity contribution is 5.94. The zero-order chi connectivity index (χ0) is 12.3. The van der Waals surface area contributed by atoms with E-state index in [1.165, 1.54) is 0 Å². The molecule has 2 rings (SSSR count). The predicted molar refractivity (Wildman–Crippen MR) is 66.8 cm³/mol. The minimum Gasteiger partial charge on any atom is -0.333 e. The van der Waals surface area contributed by atoms with E-state index in [2.05, 4.69) is 23.7 Å². The molecule has 0 aromatic carbocycles. The van der Waals surface area contributed by atoms with Gasteiger partial charge in [-0.05, 0) is 25.6 Å². The molecule has 1 atom stereocenters. The molecule has 17 heavy (non-hydrogen) atoms. The van der Waals surface area contributed by atoms with Crippen molar-refractivity contribution in [3.8, 4) is 0 Å². The summed E-state index contributed by atoms with van der Waals surface area (Å²) >= 11 is 0. The van der Waals surface area contributed by atoms with Crippen molar-refractivity contribution in [3.63, 3.8) is 0 Å². The number of aromatic nitrogens is 1. The molecule has 1 aromatic heterocycles. The van der Waals surface area contributed by atoms with E-state index < -0.39 is 0 Å². The number of piperazine rings is 1. The lowest BCUT2D eigenvalue weighted by molar-refractivity contribution is 0.0499. The van der Waals surface area contributed by atoms with Gasteiger partial charge in [0.05, 0.1) is 5.56 Å². The fraction of sp³-hybridized carbons (Fsp3) is 0.538. The Morgan fingerprint density at radius 3 is 2.94 bits per heavy atom. The molecule has 0 N–H and O–H groups in total. The van der Waals surface area contributed by atoms with Gasteiger partial charge in [-0.3, -0.25) is 14.7 Å². The number of rotatable bonds is 2. The van der Waals surface area contributed by atoms with Crippen molar-refractivity contribution >= 4 is 5.91 Å². The third-order valence-electron chi connectivity index (χ3n) is 3.33. The maximum atomic E-state index is 12.3. The summed E-state index contributed by atoms with van der Waals surface area (Å²) in [7, 11) is 0. The number of pyridine rings is 1. The van der Waals surface area contributed by atoms with Crippen LogP contribution < -0.4 is 0 Å². The van der Waals surface area contributed by atoms with Crippen molar-refractivity contribution in [1.29, 1.82) is 0 Å². The van der Waals surface area contributed by atoms with Gasteiger partial charge in [0, 0.05) is 38.1 Å². The van der Waals surface area contributed by atoms with Crippen LogP contribution in [0.1, 0.15) is 24.2 Å². The van der Waals surface area contributed by atoms with Crippen LogP contribution in [-0.2, 0) is 0 Å². The van der Waals surface area contributed by atoms with Gasteiger partial charge in [0.1, 0.15) is 0 Å². The molecule has 1 fully saturated rings. The molecular formula is C13H19N3O. The number of amides is 1. The maximum Gasteiger partial charge on any atom is 0.255 e. The van der Waals surface area contributed by atoms with Crippen LogP contribution in [0.2, 0.25) is 0 Å². The van der Waals surface area contributed by atoms with Crippen LogP contribution in [-0.4, -0.2) is 52.9 Å². The van der Waals surface area contributed by atoms with Crippen molar-refractivity contribution in [2.45, 2.75) is 19.9 Å². The molecule has 1 amide bonds. The molecule has 1 aromatic rings. The number of hydrogen-bond acceptors (Lipinski definition) is 3. The predicted octanol–water partition coefficient (Wildman–Crippen LogP) is 1.25. The first-order valence-corrected chi connectivity index (χ1v) is 6.15. The molecule has 0 bridgehead atoms. The highest BCUT2D eigenvalue weighted by Crippen LogP contribution is 2.13. The molecule has 0 spiro atoms. The Morgan fingerprint density at radius 1 is 1.53 bits per heavy atom. The van der Waals surface area contributed by atoms with Crippen LogP contribution in [0.3, 0.4) is 0 Å². The molecule has 92 valence electrons.